The fraction of sp³-hybridized carbons (Fsp3) is 0.111. The number of fused-ring (bicyclic) bond motifs is 2. The zero-order valence-electron chi connectivity index (χ0n) is 13.0. The lowest BCUT2D eigenvalue weighted by atomic mass is 10.2. The first-order chi connectivity index (χ1) is 12.1. The SMILES string of the molecule is O=C(Cn1ccc(=O)c2ccc(Cl)cc21)Nc1ccc2c(c1)OCO2. The lowest BCUT2D eigenvalue weighted by Gasteiger charge is -2.11. The summed E-state index contributed by atoms with van der Waals surface area (Å²) in [7, 11) is 0. The van der Waals surface area contributed by atoms with E-state index in [0.717, 1.165) is 0 Å². The van der Waals surface area contributed by atoms with Gasteiger partial charge in [0, 0.05) is 34.4 Å². The molecule has 4 rings (SSSR count). The highest BCUT2D eigenvalue weighted by molar-refractivity contribution is 6.31. The van der Waals surface area contributed by atoms with Crippen LogP contribution in [0.3, 0.4) is 0 Å². The molecule has 0 radical (unpaired) electrons. The Morgan fingerprint density at radius 3 is 2.84 bits per heavy atom. The summed E-state index contributed by atoms with van der Waals surface area (Å²) >= 11 is 6.02. The molecule has 1 aliphatic rings. The molecular formula is C18H13ClN2O4. The van der Waals surface area contributed by atoms with Crippen molar-refractivity contribution in [1.29, 1.82) is 0 Å². The van der Waals surface area contributed by atoms with E-state index in [0.29, 0.717) is 33.1 Å². The van der Waals surface area contributed by atoms with Crippen LogP contribution in [0.5, 0.6) is 11.5 Å². The van der Waals surface area contributed by atoms with Crippen molar-refractivity contribution in [2.45, 2.75) is 6.54 Å². The van der Waals surface area contributed by atoms with Gasteiger partial charge < -0.3 is 19.4 Å². The number of benzene rings is 2. The smallest absolute Gasteiger partial charge is 0.244 e. The first kappa shape index (κ1) is 15.5. The molecule has 1 aromatic heterocycles. The van der Waals surface area contributed by atoms with Crippen molar-refractivity contribution in [1.82, 2.24) is 4.57 Å². The van der Waals surface area contributed by atoms with Crippen molar-refractivity contribution >= 4 is 34.1 Å². The summed E-state index contributed by atoms with van der Waals surface area (Å²) in [4.78, 5) is 24.3. The number of halogens is 1. The number of pyridine rings is 1. The molecule has 0 unspecified atom stereocenters. The molecule has 25 heavy (non-hydrogen) atoms. The molecule has 0 saturated heterocycles. The molecule has 0 saturated carbocycles. The average molecular weight is 357 g/mol. The van der Waals surface area contributed by atoms with Crippen molar-refractivity contribution in [3.63, 3.8) is 0 Å². The van der Waals surface area contributed by atoms with Gasteiger partial charge in [0.15, 0.2) is 16.9 Å². The lowest BCUT2D eigenvalue weighted by molar-refractivity contribution is -0.116. The van der Waals surface area contributed by atoms with E-state index in [1.54, 1.807) is 47.2 Å². The van der Waals surface area contributed by atoms with Gasteiger partial charge in [0.1, 0.15) is 6.54 Å². The summed E-state index contributed by atoms with van der Waals surface area (Å²) in [6.45, 7) is 0.225. The Kier molecular flexibility index (Phi) is 3.82. The molecule has 0 bridgehead atoms. The van der Waals surface area contributed by atoms with Gasteiger partial charge in [-0.1, -0.05) is 11.6 Å². The number of amides is 1. The molecule has 1 aliphatic heterocycles. The molecule has 126 valence electrons. The molecule has 1 amide bonds. The molecule has 0 fully saturated rings. The van der Waals surface area contributed by atoms with Gasteiger partial charge in [-0.15, -0.1) is 0 Å². The summed E-state index contributed by atoms with van der Waals surface area (Å²) in [6, 6.07) is 11.6. The van der Waals surface area contributed by atoms with Crippen LogP contribution in [0, 0.1) is 0 Å². The maximum Gasteiger partial charge on any atom is 0.244 e. The summed E-state index contributed by atoms with van der Waals surface area (Å²) in [5.74, 6) is 1.02. The minimum absolute atomic E-state index is 0.0472. The van der Waals surface area contributed by atoms with Crippen molar-refractivity contribution in [3.05, 3.63) is 63.9 Å². The third-order valence-corrected chi connectivity index (χ3v) is 4.15. The molecule has 1 N–H and O–H groups in total. The lowest BCUT2D eigenvalue weighted by Crippen LogP contribution is -2.20. The molecule has 2 aromatic carbocycles. The Balaban J connectivity index is 1.59. The maximum atomic E-state index is 12.4. The Bertz CT molecular complexity index is 1040. The third kappa shape index (κ3) is 3.04. The van der Waals surface area contributed by atoms with Gasteiger partial charge in [0.2, 0.25) is 12.7 Å². The highest BCUT2D eigenvalue weighted by atomic mass is 35.5. The Hall–Kier alpha value is -2.99. The van der Waals surface area contributed by atoms with Crippen LogP contribution in [0.1, 0.15) is 0 Å². The third-order valence-electron chi connectivity index (χ3n) is 3.91. The van der Waals surface area contributed by atoms with Crippen LogP contribution in [0.4, 0.5) is 5.69 Å². The first-order valence-electron chi connectivity index (χ1n) is 7.58. The van der Waals surface area contributed by atoms with Gasteiger partial charge in [-0.2, -0.15) is 0 Å². The molecule has 3 aromatic rings. The molecular weight excluding hydrogens is 344 g/mol. The second kappa shape index (κ2) is 6.14. The van der Waals surface area contributed by atoms with Crippen LogP contribution in [0.15, 0.2) is 53.5 Å². The maximum absolute atomic E-state index is 12.4. The van der Waals surface area contributed by atoms with E-state index in [4.69, 9.17) is 21.1 Å². The van der Waals surface area contributed by atoms with Crippen LogP contribution in [0.25, 0.3) is 10.9 Å². The Labute approximate surface area is 147 Å². The Morgan fingerprint density at radius 1 is 1.12 bits per heavy atom. The van der Waals surface area contributed by atoms with E-state index in [9.17, 15) is 9.59 Å². The van der Waals surface area contributed by atoms with E-state index in [-0.39, 0.29) is 24.7 Å². The minimum Gasteiger partial charge on any atom is -0.454 e. The number of rotatable bonds is 3. The van der Waals surface area contributed by atoms with Crippen molar-refractivity contribution in [3.8, 4) is 11.5 Å². The topological polar surface area (TPSA) is 69.6 Å². The zero-order valence-corrected chi connectivity index (χ0v) is 13.7. The number of nitrogens with zero attached hydrogens (tertiary/aromatic N) is 1. The van der Waals surface area contributed by atoms with Gasteiger partial charge in [-0.3, -0.25) is 9.59 Å². The van der Waals surface area contributed by atoms with E-state index in [2.05, 4.69) is 5.32 Å². The van der Waals surface area contributed by atoms with Crippen molar-refractivity contribution in [2.24, 2.45) is 0 Å². The van der Waals surface area contributed by atoms with Gasteiger partial charge in [-0.05, 0) is 30.3 Å². The van der Waals surface area contributed by atoms with Crippen molar-refractivity contribution < 1.29 is 14.3 Å². The van der Waals surface area contributed by atoms with E-state index in [1.807, 2.05) is 0 Å². The van der Waals surface area contributed by atoms with Crippen LogP contribution in [0.2, 0.25) is 5.02 Å². The largest absolute Gasteiger partial charge is 0.454 e. The standard InChI is InChI=1S/C18H13ClN2O4/c19-11-1-3-13-14(7-11)21(6-5-15(13)22)9-18(23)20-12-2-4-16-17(8-12)25-10-24-16/h1-8H,9-10H2,(H,20,23). The number of ether oxygens (including phenoxy) is 2. The number of hydrogen-bond acceptors (Lipinski definition) is 4. The predicted molar refractivity (Wildman–Crippen MR) is 94.4 cm³/mol. The predicted octanol–water partition coefficient (Wildman–Crippen LogP) is 3.02. The molecule has 0 spiro atoms. The van der Waals surface area contributed by atoms with Crippen LogP contribution < -0.4 is 20.2 Å². The van der Waals surface area contributed by atoms with Crippen LogP contribution >= 0.6 is 11.6 Å². The van der Waals surface area contributed by atoms with E-state index >= 15 is 0 Å². The fourth-order valence-electron chi connectivity index (χ4n) is 2.75. The number of aromatic nitrogens is 1. The quantitative estimate of drug-likeness (QED) is 0.783. The summed E-state index contributed by atoms with van der Waals surface area (Å²) in [6.07, 6.45) is 1.58. The molecule has 0 aliphatic carbocycles. The van der Waals surface area contributed by atoms with Crippen LogP contribution in [-0.2, 0) is 11.3 Å². The van der Waals surface area contributed by atoms with Gasteiger partial charge in [-0.25, -0.2) is 0 Å². The van der Waals surface area contributed by atoms with E-state index in [1.165, 1.54) is 6.07 Å². The van der Waals surface area contributed by atoms with Gasteiger partial charge >= 0.3 is 0 Å². The van der Waals surface area contributed by atoms with Crippen molar-refractivity contribution in [2.75, 3.05) is 12.1 Å². The number of carbonyl (C=O) groups excluding carboxylic acids is 1. The van der Waals surface area contributed by atoms with E-state index < -0.39 is 0 Å². The zero-order chi connectivity index (χ0) is 17.4. The normalized spacial score (nSPS) is 12.4. The van der Waals surface area contributed by atoms with Gasteiger partial charge in [0.25, 0.3) is 0 Å². The number of carbonyl (C=O) groups is 1. The molecule has 7 heteroatoms. The fourth-order valence-corrected chi connectivity index (χ4v) is 2.91. The molecule has 6 nitrogen and oxygen atoms in total. The second-order valence-electron chi connectivity index (χ2n) is 5.59. The second-order valence-corrected chi connectivity index (χ2v) is 6.02. The van der Waals surface area contributed by atoms with Gasteiger partial charge in [0.05, 0.1) is 5.52 Å². The highest BCUT2D eigenvalue weighted by Crippen LogP contribution is 2.34. The highest BCUT2D eigenvalue weighted by Gasteiger charge is 2.14. The monoisotopic (exact) mass is 356 g/mol. The first-order valence-corrected chi connectivity index (χ1v) is 7.96. The number of hydrogen-bond donors (Lipinski definition) is 1. The summed E-state index contributed by atoms with van der Waals surface area (Å²) in [5.41, 5.74) is 1.11. The van der Waals surface area contributed by atoms with Crippen LogP contribution in [-0.4, -0.2) is 17.3 Å². The summed E-state index contributed by atoms with van der Waals surface area (Å²) in [5, 5.41) is 3.83. The molecule has 0 atom stereocenters. The Morgan fingerprint density at radius 2 is 1.96 bits per heavy atom. The summed E-state index contributed by atoms with van der Waals surface area (Å²) < 4.78 is 12.2. The number of nitrogens with one attached hydrogen (secondary N) is 1. The minimum atomic E-state index is -0.233. The number of anilines is 1. The molecule has 2 heterocycles. The average Bonchev–Trinajstić information content (AvgIpc) is 3.05.